The molecule has 0 saturated carbocycles. The third kappa shape index (κ3) is 4.18. The normalized spacial score (nSPS) is 12.3. The zero-order valence-corrected chi connectivity index (χ0v) is 24.0. The molecule has 0 unspecified atom stereocenters. The number of hydrogen-bond acceptors (Lipinski definition) is 2. The van der Waals surface area contributed by atoms with Gasteiger partial charge in [-0.05, 0) is 80.9 Å². The van der Waals surface area contributed by atoms with Crippen LogP contribution in [-0.2, 0) is 12.8 Å². The Kier molecular flexibility index (Phi) is 6.06. The molecule has 0 aliphatic heterocycles. The largest absolute Gasteiger partial charge is 0.289 e. The number of rotatable bonds is 5. The Labute approximate surface area is 254 Å². The molecule has 0 N–H and O–H groups in total. The molecular formula is C38H24Cl2O2. The molecule has 0 heterocycles. The van der Waals surface area contributed by atoms with Crippen LogP contribution in [0, 0.1) is 0 Å². The lowest BCUT2D eigenvalue weighted by atomic mass is 9.97. The summed E-state index contributed by atoms with van der Waals surface area (Å²) in [7, 11) is 0. The van der Waals surface area contributed by atoms with Gasteiger partial charge in [-0.25, -0.2) is 0 Å². The number of halogens is 2. The summed E-state index contributed by atoms with van der Waals surface area (Å²) in [5.74, 6) is 1.45. The van der Waals surface area contributed by atoms with Gasteiger partial charge >= 0.3 is 0 Å². The summed E-state index contributed by atoms with van der Waals surface area (Å²) in [6, 6.07) is 41.4. The Morgan fingerprint density at radius 3 is 1.19 bits per heavy atom. The van der Waals surface area contributed by atoms with E-state index in [1.807, 2.05) is 48.5 Å². The van der Waals surface area contributed by atoms with Crippen LogP contribution in [0.2, 0.25) is 10.0 Å². The van der Waals surface area contributed by atoms with E-state index in [0.717, 1.165) is 57.7 Å². The molecule has 0 amide bonds. The molecule has 0 bridgehead atoms. The molecule has 0 saturated heterocycles. The maximum Gasteiger partial charge on any atom is 0.190 e. The van der Waals surface area contributed by atoms with Crippen LogP contribution in [0.25, 0.3) is 44.5 Å². The predicted molar refractivity (Wildman–Crippen MR) is 172 cm³/mol. The Morgan fingerprint density at radius 2 is 0.762 bits per heavy atom. The van der Waals surface area contributed by atoms with Gasteiger partial charge in [0, 0.05) is 45.1 Å². The summed E-state index contributed by atoms with van der Waals surface area (Å²) >= 11 is 12.5. The van der Waals surface area contributed by atoms with E-state index in [1.165, 1.54) is 33.4 Å². The van der Waals surface area contributed by atoms with Crippen molar-refractivity contribution >= 4 is 23.2 Å². The Bertz CT molecular complexity index is 1850. The summed E-state index contributed by atoms with van der Waals surface area (Å²) in [4.78, 5) is 13.1. The highest BCUT2D eigenvalue weighted by Crippen LogP contribution is 2.49. The maximum absolute atomic E-state index is 6.53. The van der Waals surface area contributed by atoms with Crippen molar-refractivity contribution in [3.8, 4) is 56.0 Å². The minimum Gasteiger partial charge on any atom is -0.289 e. The van der Waals surface area contributed by atoms with E-state index in [4.69, 9.17) is 33.0 Å². The molecule has 4 heteroatoms. The molecule has 0 fully saturated rings. The fraction of sp³-hybridized carbons (Fsp3) is 0.0526. The molecule has 0 aromatic heterocycles. The quantitative estimate of drug-likeness (QED) is 0.148. The lowest BCUT2D eigenvalue weighted by molar-refractivity contribution is -0.1000. The van der Waals surface area contributed by atoms with E-state index < -0.39 is 0 Å². The molecule has 0 spiro atoms. The van der Waals surface area contributed by atoms with Crippen molar-refractivity contribution in [2.24, 2.45) is 0 Å². The van der Waals surface area contributed by atoms with Crippen LogP contribution in [0.3, 0.4) is 0 Å². The zero-order chi connectivity index (χ0) is 28.2. The van der Waals surface area contributed by atoms with Crippen LogP contribution in [0.5, 0.6) is 11.5 Å². The van der Waals surface area contributed by atoms with Crippen molar-refractivity contribution in [2.45, 2.75) is 12.8 Å². The molecule has 2 aliphatic carbocycles. The van der Waals surface area contributed by atoms with Gasteiger partial charge < -0.3 is 0 Å². The third-order valence-electron chi connectivity index (χ3n) is 8.39. The standard InChI is InChI=1S/C38H24Cl2O2/c39-27-13-9-23(10-14-27)31-17-19-33-29-7-3-1-5-25(29)21-35(33)37(31)41-42-38-32(24-11-15-28(40)16-12-24)18-20-34-30-8-4-2-6-26(30)22-36(34)38/h1-20H,21-22H2. The first-order valence-electron chi connectivity index (χ1n) is 14.0. The summed E-state index contributed by atoms with van der Waals surface area (Å²) < 4.78 is 0. The molecule has 2 aliphatic rings. The van der Waals surface area contributed by atoms with Crippen LogP contribution in [-0.4, -0.2) is 0 Å². The van der Waals surface area contributed by atoms with Crippen LogP contribution in [0.1, 0.15) is 22.3 Å². The second kappa shape index (κ2) is 10.1. The van der Waals surface area contributed by atoms with Gasteiger partial charge in [-0.15, -0.1) is 0 Å². The highest BCUT2D eigenvalue weighted by Gasteiger charge is 2.28. The van der Waals surface area contributed by atoms with Gasteiger partial charge in [0.1, 0.15) is 0 Å². The summed E-state index contributed by atoms with van der Waals surface area (Å²) in [6.45, 7) is 0. The van der Waals surface area contributed by atoms with E-state index >= 15 is 0 Å². The third-order valence-corrected chi connectivity index (χ3v) is 8.89. The topological polar surface area (TPSA) is 18.5 Å². The Balaban J connectivity index is 1.27. The molecule has 0 radical (unpaired) electrons. The zero-order valence-electron chi connectivity index (χ0n) is 22.5. The van der Waals surface area contributed by atoms with Crippen LogP contribution in [0.15, 0.2) is 121 Å². The summed E-state index contributed by atoms with van der Waals surface area (Å²) in [5, 5.41) is 1.39. The first-order valence-corrected chi connectivity index (χ1v) is 14.7. The molecule has 8 rings (SSSR count). The fourth-order valence-electron chi connectivity index (χ4n) is 6.35. The second-order valence-electron chi connectivity index (χ2n) is 10.8. The van der Waals surface area contributed by atoms with Crippen LogP contribution >= 0.6 is 23.2 Å². The molecule has 42 heavy (non-hydrogen) atoms. The first kappa shape index (κ1) is 25.2. The van der Waals surface area contributed by atoms with Crippen molar-refractivity contribution in [2.75, 3.05) is 0 Å². The van der Waals surface area contributed by atoms with Crippen LogP contribution < -0.4 is 9.78 Å². The van der Waals surface area contributed by atoms with Gasteiger partial charge in [0.25, 0.3) is 0 Å². The van der Waals surface area contributed by atoms with Crippen molar-refractivity contribution in [3.63, 3.8) is 0 Å². The molecule has 202 valence electrons. The first-order chi connectivity index (χ1) is 20.6. The van der Waals surface area contributed by atoms with Crippen LogP contribution in [0.4, 0.5) is 0 Å². The van der Waals surface area contributed by atoms with Crippen molar-refractivity contribution < 1.29 is 9.78 Å². The maximum atomic E-state index is 6.53. The lowest BCUT2D eigenvalue weighted by Crippen LogP contribution is -2.07. The van der Waals surface area contributed by atoms with Gasteiger partial charge in [-0.1, -0.05) is 108 Å². The van der Waals surface area contributed by atoms with E-state index in [-0.39, 0.29) is 0 Å². The van der Waals surface area contributed by atoms with Gasteiger partial charge in [0.15, 0.2) is 11.5 Å². The average Bonchev–Trinajstić information content (AvgIpc) is 3.59. The van der Waals surface area contributed by atoms with Gasteiger partial charge in [0.05, 0.1) is 0 Å². The van der Waals surface area contributed by atoms with E-state index in [0.29, 0.717) is 10.0 Å². The summed E-state index contributed by atoms with van der Waals surface area (Å²) in [5.41, 5.74) is 13.6. The molecule has 2 nitrogen and oxygen atoms in total. The van der Waals surface area contributed by atoms with E-state index in [2.05, 4.69) is 72.8 Å². The van der Waals surface area contributed by atoms with Gasteiger partial charge in [-0.2, -0.15) is 0 Å². The van der Waals surface area contributed by atoms with Gasteiger partial charge in [-0.3, -0.25) is 9.78 Å². The smallest absolute Gasteiger partial charge is 0.190 e. The highest BCUT2D eigenvalue weighted by atomic mass is 35.5. The number of hydrogen-bond donors (Lipinski definition) is 0. The molecule has 0 atom stereocenters. The Hall–Kier alpha value is -4.50. The lowest BCUT2D eigenvalue weighted by Gasteiger charge is -2.18. The predicted octanol–water partition coefficient (Wildman–Crippen LogP) is 10.8. The minimum atomic E-state index is 0.693. The summed E-state index contributed by atoms with van der Waals surface area (Å²) in [6.07, 6.45) is 1.54. The number of benzene rings is 6. The van der Waals surface area contributed by atoms with Crippen molar-refractivity contribution in [3.05, 3.63) is 154 Å². The molecule has 6 aromatic rings. The number of fused-ring (bicyclic) bond motifs is 6. The minimum absolute atomic E-state index is 0.693. The molecule has 6 aromatic carbocycles. The monoisotopic (exact) mass is 582 g/mol. The van der Waals surface area contributed by atoms with E-state index in [9.17, 15) is 0 Å². The van der Waals surface area contributed by atoms with Crippen molar-refractivity contribution in [1.82, 2.24) is 0 Å². The average molecular weight is 584 g/mol. The van der Waals surface area contributed by atoms with E-state index in [1.54, 1.807) is 0 Å². The highest BCUT2D eigenvalue weighted by molar-refractivity contribution is 6.31. The molecular weight excluding hydrogens is 559 g/mol. The van der Waals surface area contributed by atoms with Crippen molar-refractivity contribution in [1.29, 1.82) is 0 Å². The fourth-order valence-corrected chi connectivity index (χ4v) is 6.61. The van der Waals surface area contributed by atoms with Gasteiger partial charge in [0.2, 0.25) is 0 Å². The SMILES string of the molecule is Clc1ccc(-c2ccc3c(c2OOc2c(-c4ccc(Cl)cc4)ccc4c2Cc2ccccc2-4)Cc2ccccc2-3)cc1. The second-order valence-corrected chi connectivity index (χ2v) is 11.7. The Morgan fingerprint density at radius 1 is 0.381 bits per heavy atom.